The number of rotatable bonds is 6. The molecule has 1 amide bonds. The van der Waals surface area contributed by atoms with Gasteiger partial charge < -0.3 is 5.32 Å². The molecule has 0 aliphatic rings. The molecule has 7 heteroatoms. The fourth-order valence-corrected chi connectivity index (χ4v) is 3.29. The zero-order chi connectivity index (χ0) is 19.5. The summed E-state index contributed by atoms with van der Waals surface area (Å²) in [6, 6.07) is 9.37. The van der Waals surface area contributed by atoms with Gasteiger partial charge in [0.25, 0.3) is 15.9 Å². The summed E-state index contributed by atoms with van der Waals surface area (Å²) in [6.07, 6.45) is 0.738. The number of carbonyl (C=O) groups is 1. The molecule has 2 rings (SSSR count). The first-order chi connectivity index (χ1) is 12.0. The average Bonchev–Trinajstić information content (AvgIpc) is 2.56. The predicted molar refractivity (Wildman–Crippen MR) is 100 cm³/mol. The van der Waals surface area contributed by atoms with E-state index >= 15 is 0 Å². The molecule has 2 aromatic carbocycles. The van der Waals surface area contributed by atoms with E-state index in [4.69, 9.17) is 0 Å². The van der Waals surface area contributed by atoms with Crippen molar-refractivity contribution in [2.75, 3.05) is 4.72 Å². The molecule has 140 valence electrons. The number of carbonyl (C=O) groups excluding carboxylic acids is 1. The van der Waals surface area contributed by atoms with Crippen LogP contribution in [0.25, 0.3) is 0 Å². The third kappa shape index (κ3) is 4.82. The van der Waals surface area contributed by atoms with Gasteiger partial charge in [-0.3, -0.25) is 9.52 Å². The summed E-state index contributed by atoms with van der Waals surface area (Å²) in [5, 5.41) is 2.90. The molecule has 0 saturated carbocycles. The number of hydrogen-bond donors (Lipinski definition) is 2. The minimum absolute atomic E-state index is 0.0353. The van der Waals surface area contributed by atoms with Crippen molar-refractivity contribution in [3.05, 3.63) is 59.4 Å². The van der Waals surface area contributed by atoms with Crippen LogP contribution in [0, 0.1) is 12.7 Å². The number of aryl methyl sites for hydroxylation is 1. The lowest BCUT2D eigenvalue weighted by molar-refractivity contribution is 0.0910. The number of anilines is 1. The van der Waals surface area contributed by atoms with E-state index in [9.17, 15) is 17.6 Å². The molecule has 0 aliphatic heterocycles. The summed E-state index contributed by atoms with van der Waals surface area (Å²) in [6.45, 7) is 7.51. The van der Waals surface area contributed by atoms with Gasteiger partial charge in [-0.2, -0.15) is 0 Å². The summed E-state index contributed by atoms with van der Waals surface area (Å²) >= 11 is 0. The number of sulfonamides is 1. The number of amides is 1. The predicted octanol–water partition coefficient (Wildman–Crippen LogP) is 3.85. The van der Waals surface area contributed by atoms with Crippen molar-refractivity contribution in [3.8, 4) is 0 Å². The molecule has 0 fully saturated rings. The van der Waals surface area contributed by atoms with Crippen LogP contribution in [0.3, 0.4) is 0 Å². The molecule has 0 heterocycles. The Morgan fingerprint density at radius 2 is 1.73 bits per heavy atom. The van der Waals surface area contributed by atoms with Crippen LogP contribution in [0.5, 0.6) is 0 Å². The Morgan fingerprint density at radius 3 is 2.31 bits per heavy atom. The van der Waals surface area contributed by atoms with Gasteiger partial charge in [-0.15, -0.1) is 0 Å². The summed E-state index contributed by atoms with van der Waals surface area (Å²) in [7, 11) is -3.90. The molecule has 0 spiro atoms. The first-order valence-corrected chi connectivity index (χ1v) is 9.74. The molecule has 5 nitrogen and oxygen atoms in total. The molecule has 0 aromatic heterocycles. The van der Waals surface area contributed by atoms with Crippen molar-refractivity contribution in [3.63, 3.8) is 0 Å². The summed E-state index contributed by atoms with van der Waals surface area (Å²) in [5.41, 5.74) is 0.818. The molecule has 0 saturated heterocycles. The number of nitrogens with one attached hydrogen (secondary N) is 2. The van der Waals surface area contributed by atoms with Crippen LogP contribution < -0.4 is 10.0 Å². The Morgan fingerprint density at radius 1 is 1.12 bits per heavy atom. The highest BCUT2D eigenvalue weighted by Gasteiger charge is 2.22. The lowest BCUT2D eigenvalue weighted by Gasteiger charge is -2.25. The minimum atomic E-state index is -3.90. The third-order valence-corrected chi connectivity index (χ3v) is 5.58. The minimum Gasteiger partial charge on any atom is -0.347 e. The SMILES string of the molecule is CCC(C)(C)NC(=O)c1cc(S(=O)(=O)Nc2ccc(F)cc2)ccc1C. The Kier molecular flexibility index (Phi) is 5.71. The van der Waals surface area contributed by atoms with Gasteiger partial charge in [-0.05, 0) is 69.2 Å². The van der Waals surface area contributed by atoms with E-state index < -0.39 is 21.4 Å². The van der Waals surface area contributed by atoms with Crippen molar-refractivity contribution in [2.45, 2.75) is 44.6 Å². The number of halogens is 1. The number of hydrogen-bond acceptors (Lipinski definition) is 3. The Bertz CT molecular complexity index is 907. The van der Waals surface area contributed by atoms with Crippen molar-refractivity contribution in [2.24, 2.45) is 0 Å². The Balaban J connectivity index is 2.32. The van der Waals surface area contributed by atoms with Crippen LogP contribution in [0.4, 0.5) is 10.1 Å². The van der Waals surface area contributed by atoms with Crippen molar-refractivity contribution < 1.29 is 17.6 Å². The van der Waals surface area contributed by atoms with Crippen LogP contribution in [0.1, 0.15) is 43.1 Å². The van der Waals surface area contributed by atoms with E-state index in [1.807, 2.05) is 20.8 Å². The van der Waals surface area contributed by atoms with Crippen LogP contribution in [0.15, 0.2) is 47.4 Å². The fraction of sp³-hybridized carbons (Fsp3) is 0.316. The molecular weight excluding hydrogens is 355 g/mol. The van der Waals surface area contributed by atoms with Gasteiger partial charge in [0.15, 0.2) is 0 Å². The molecule has 26 heavy (non-hydrogen) atoms. The standard InChI is InChI=1S/C19H23FN2O3S/c1-5-19(3,4)21-18(23)17-12-16(11-6-13(17)2)26(24,25)22-15-9-7-14(20)8-10-15/h6-12,22H,5H2,1-4H3,(H,21,23). The van der Waals surface area contributed by atoms with Gasteiger partial charge in [0.1, 0.15) is 5.82 Å². The first-order valence-electron chi connectivity index (χ1n) is 8.25. The lowest BCUT2D eigenvalue weighted by Crippen LogP contribution is -2.43. The second kappa shape index (κ2) is 7.45. The summed E-state index contributed by atoms with van der Waals surface area (Å²) in [4.78, 5) is 12.5. The second-order valence-corrected chi connectivity index (χ2v) is 8.46. The maximum absolute atomic E-state index is 13.0. The highest BCUT2D eigenvalue weighted by Crippen LogP contribution is 2.20. The highest BCUT2D eigenvalue weighted by molar-refractivity contribution is 7.92. The van der Waals surface area contributed by atoms with E-state index in [0.29, 0.717) is 11.1 Å². The van der Waals surface area contributed by atoms with Gasteiger partial charge in [-0.1, -0.05) is 13.0 Å². The quantitative estimate of drug-likeness (QED) is 0.802. The average molecular weight is 378 g/mol. The van der Waals surface area contributed by atoms with Gasteiger partial charge in [-0.25, -0.2) is 12.8 Å². The van der Waals surface area contributed by atoms with E-state index in [2.05, 4.69) is 10.0 Å². The van der Waals surface area contributed by atoms with E-state index in [0.717, 1.165) is 6.42 Å². The molecule has 0 radical (unpaired) electrons. The van der Waals surface area contributed by atoms with Gasteiger partial charge in [0, 0.05) is 16.8 Å². The van der Waals surface area contributed by atoms with E-state index in [1.54, 1.807) is 13.0 Å². The zero-order valence-electron chi connectivity index (χ0n) is 15.3. The topological polar surface area (TPSA) is 75.3 Å². The number of benzene rings is 2. The highest BCUT2D eigenvalue weighted by atomic mass is 32.2. The molecule has 0 atom stereocenters. The van der Waals surface area contributed by atoms with Crippen LogP contribution in [0.2, 0.25) is 0 Å². The molecule has 2 aromatic rings. The second-order valence-electron chi connectivity index (χ2n) is 6.78. The molecular formula is C19H23FN2O3S. The molecule has 0 aliphatic carbocycles. The van der Waals surface area contributed by atoms with Crippen LogP contribution >= 0.6 is 0 Å². The van der Waals surface area contributed by atoms with Gasteiger partial charge in [0.05, 0.1) is 4.90 Å². The van der Waals surface area contributed by atoms with Crippen LogP contribution in [-0.2, 0) is 10.0 Å². The van der Waals surface area contributed by atoms with Crippen LogP contribution in [-0.4, -0.2) is 19.9 Å². The maximum atomic E-state index is 13.0. The molecule has 0 unspecified atom stereocenters. The van der Waals surface area contributed by atoms with E-state index in [-0.39, 0.29) is 16.5 Å². The molecule has 2 N–H and O–H groups in total. The van der Waals surface area contributed by atoms with Gasteiger partial charge in [0.2, 0.25) is 0 Å². The van der Waals surface area contributed by atoms with E-state index in [1.165, 1.54) is 36.4 Å². The summed E-state index contributed by atoms with van der Waals surface area (Å²) in [5.74, 6) is -0.783. The van der Waals surface area contributed by atoms with Crippen molar-refractivity contribution >= 4 is 21.6 Å². The zero-order valence-corrected chi connectivity index (χ0v) is 16.1. The Hall–Kier alpha value is -2.41. The first kappa shape index (κ1) is 19.9. The smallest absolute Gasteiger partial charge is 0.261 e. The Labute approximate surface area is 153 Å². The van der Waals surface area contributed by atoms with Crippen molar-refractivity contribution in [1.82, 2.24) is 5.32 Å². The monoisotopic (exact) mass is 378 g/mol. The fourth-order valence-electron chi connectivity index (χ4n) is 2.21. The molecule has 0 bridgehead atoms. The largest absolute Gasteiger partial charge is 0.347 e. The van der Waals surface area contributed by atoms with Crippen molar-refractivity contribution in [1.29, 1.82) is 0 Å². The maximum Gasteiger partial charge on any atom is 0.261 e. The normalized spacial score (nSPS) is 11.9. The van der Waals surface area contributed by atoms with Gasteiger partial charge >= 0.3 is 0 Å². The third-order valence-electron chi connectivity index (χ3n) is 4.20. The lowest BCUT2D eigenvalue weighted by atomic mass is 10.0. The summed E-state index contributed by atoms with van der Waals surface area (Å²) < 4.78 is 40.5.